The number of aryl methyl sites for hydroxylation is 1. The van der Waals surface area contributed by atoms with Gasteiger partial charge in [-0.2, -0.15) is 5.10 Å². The Bertz CT molecular complexity index is 304. The number of aliphatic hydroxyl groups excluding tert-OH is 1. The number of rotatable bonds is 5. The van der Waals surface area contributed by atoms with Crippen molar-refractivity contribution in [2.75, 3.05) is 0 Å². The zero-order valence-corrected chi connectivity index (χ0v) is 10.5. The third kappa shape index (κ3) is 4.13. The van der Waals surface area contributed by atoms with E-state index in [1.54, 1.807) is 0 Å². The van der Waals surface area contributed by atoms with Crippen molar-refractivity contribution in [1.29, 1.82) is 0 Å². The van der Waals surface area contributed by atoms with Gasteiger partial charge in [-0.1, -0.05) is 0 Å². The molecule has 1 heterocycles. The fraction of sp³-hybridized carbons (Fsp3) is 0.769. The van der Waals surface area contributed by atoms with Crippen molar-refractivity contribution in [2.24, 2.45) is 0 Å². The minimum Gasteiger partial charge on any atom is -0.393 e. The van der Waals surface area contributed by atoms with Crippen LogP contribution in [-0.2, 0) is 6.54 Å². The molecular weight excluding hydrogens is 214 g/mol. The Balaban J connectivity index is 1.65. The summed E-state index contributed by atoms with van der Waals surface area (Å²) in [5.74, 6) is 0. The minimum atomic E-state index is -0.0626. The topological polar surface area (TPSA) is 50.1 Å². The smallest absolute Gasteiger partial charge is 0.0541 e. The summed E-state index contributed by atoms with van der Waals surface area (Å²) < 4.78 is 1.98. The fourth-order valence-corrected chi connectivity index (χ4v) is 2.49. The SMILES string of the molecule is CC(CCn1cccn1)NC1CCC(O)CC1. The molecule has 4 heteroatoms. The first-order valence-electron chi connectivity index (χ1n) is 6.65. The highest BCUT2D eigenvalue weighted by molar-refractivity contribution is 4.80. The van der Waals surface area contributed by atoms with Crippen LogP contribution >= 0.6 is 0 Å². The first-order chi connectivity index (χ1) is 8.24. The molecule has 0 radical (unpaired) electrons. The number of nitrogens with zero attached hydrogens (tertiary/aromatic N) is 2. The van der Waals surface area contributed by atoms with Gasteiger partial charge in [0.25, 0.3) is 0 Å². The molecule has 0 bridgehead atoms. The summed E-state index contributed by atoms with van der Waals surface area (Å²) >= 11 is 0. The van der Waals surface area contributed by atoms with Gasteiger partial charge in [0.1, 0.15) is 0 Å². The van der Waals surface area contributed by atoms with Gasteiger partial charge in [-0.05, 0) is 45.1 Å². The summed E-state index contributed by atoms with van der Waals surface area (Å²) in [7, 11) is 0. The van der Waals surface area contributed by atoms with E-state index >= 15 is 0 Å². The first kappa shape index (κ1) is 12.6. The lowest BCUT2D eigenvalue weighted by atomic mass is 9.92. The van der Waals surface area contributed by atoms with E-state index in [0.29, 0.717) is 12.1 Å². The van der Waals surface area contributed by atoms with Gasteiger partial charge in [0, 0.05) is 31.0 Å². The summed E-state index contributed by atoms with van der Waals surface area (Å²) in [6.45, 7) is 3.20. The maximum Gasteiger partial charge on any atom is 0.0541 e. The van der Waals surface area contributed by atoms with E-state index in [9.17, 15) is 5.11 Å². The second-order valence-electron chi connectivity index (χ2n) is 5.13. The van der Waals surface area contributed by atoms with Crippen molar-refractivity contribution in [3.63, 3.8) is 0 Å². The summed E-state index contributed by atoms with van der Waals surface area (Å²) in [4.78, 5) is 0. The van der Waals surface area contributed by atoms with Gasteiger partial charge in [-0.3, -0.25) is 4.68 Å². The van der Waals surface area contributed by atoms with E-state index < -0.39 is 0 Å². The van der Waals surface area contributed by atoms with Gasteiger partial charge in [0.15, 0.2) is 0 Å². The van der Waals surface area contributed by atoms with Crippen LogP contribution in [0.3, 0.4) is 0 Å². The Morgan fingerprint density at radius 1 is 1.41 bits per heavy atom. The van der Waals surface area contributed by atoms with Gasteiger partial charge in [0.2, 0.25) is 0 Å². The van der Waals surface area contributed by atoms with Gasteiger partial charge in [-0.25, -0.2) is 0 Å². The molecule has 17 heavy (non-hydrogen) atoms. The lowest BCUT2D eigenvalue weighted by molar-refractivity contribution is 0.114. The lowest BCUT2D eigenvalue weighted by Crippen LogP contribution is -2.40. The van der Waals surface area contributed by atoms with Crippen LogP contribution in [0.1, 0.15) is 39.0 Å². The maximum absolute atomic E-state index is 9.45. The summed E-state index contributed by atoms with van der Waals surface area (Å²) in [5.41, 5.74) is 0. The van der Waals surface area contributed by atoms with Crippen molar-refractivity contribution in [3.05, 3.63) is 18.5 Å². The van der Waals surface area contributed by atoms with E-state index in [4.69, 9.17) is 0 Å². The molecule has 1 aliphatic rings. The predicted molar refractivity (Wildman–Crippen MR) is 67.7 cm³/mol. The van der Waals surface area contributed by atoms with E-state index in [-0.39, 0.29) is 6.10 Å². The molecule has 96 valence electrons. The molecule has 1 aliphatic carbocycles. The van der Waals surface area contributed by atoms with Gasteiger partial charge in [0.05, 0.1) is 6.10 Å². The van der Waals surface area contributed by atoms with Crippen molar-refractivity contribution in [2.45, 2.75) is 63.8 Å². The van der Waals surface area contributed by atoms with Crippen molar-refractivity contribution < 1.29 is 5.11 Å². The molecule has 0 spiro atoms. The first-order valence-corrected chi connectivity index (χ1v) is 6.65. The van der Waals surface area contributed by atoms with Crippen LogP contribution in [0.4, 0.5) is 0 Å². The van der Waals surface area contributed by atoms with E-state index in [1.165, 1.54) is 0 Å². The number of hydrogen-bond acceptors (Lipinski definition) is 3. The monoisotopic (exact) mass is 237 g/mol. The average Bonchev–Trinajstić information content (AvgIpc) is 2.83. The fourth-order valence-electron chi connectivity index (χ4n) is 2.49. The standard InChI is InChI=1S/C13H23N3O/c1-11(7-10-16-9-2-8-14-16)15-12-3-5-13(17)6-4-12/h2,8-9,11-13,15,17H,3-7,10H2,1H3. The maximum atomic E-state index is 9.45. The molecule has 0 amide bonds. The number of aromatic nitrogens is 2. The molecule has 1 unspecified atom stereocenters. The summed E-state index contributed by atoms with van der Waals surface area (Å²) in [6.07, 6.45) is 8.96. The number of hydrogen-bond donors (Lipinski definition) is 2. The van der Waals surface area contributed by atoms with Crippen molar-refractivity contribution in [1.82, 2.24) is 15.1 Å². The normalized spacial score (nSPS) is 26.9. The zero-order chi connectivity index (χ0) is 12.1. The van der Waals surface area contributed by atoms with Gasteiger partial charge < -0.3 is 10.4 Å². The van der Waals surface area contributed by atoms with Crippen LogP contribution in [0, 0.1) is 0 Å². The van der Waals surface area contributed by atoms with Crippen LogP contribution in [0.2, 0.25) is 0 Å². The average molecular weight is 237 g/mol. The molecule has 1 aromatic heterocycles. The lowest BCUT2D eigenvalue weighted by Gasteiger charge is -2.29. The van der Waals surface area contributed by atoms with Gasteiger partial charge >= 0.3 is 0 Å². The van der Waals surface area contributed by atoms with Crippen LogP contribution < -0.4 is 5.32 Å². The Morgan fingerprint density at radius 2 is 2.18 bits per heavy atom. The summed E-state index contributed by atoms with van der Waals surface area (Å²) in [6, 6.07) is 3.06. The van der Waals surface area contributed by atoms with Crippen molar-refractivity contribution in [3.8, 4) is 0 Å². The molecule has 2 rings (SSSR count). The highest BCUT2D eigenvalue weighted by atomic mass is 16.3. The predicted octanol–water partition coefficient (Wildman–Crippen LogP) is 1.55. The number of aliphatic hydroxyl groups is 1. The molecule has 2 N–H and O–H groups in total. The molecule has 0 saturated heterocycles. The largest absolute Gasteiger partial charge is 0.393 e. The van der Waals surface area contributed by atoms with Crippen LogP contribution in [0.25, 0.3) is 0 Å². The Kier molecular flexibility index (Phi) is 4.57. The molecule has 1 aromatic rings. The van der Waals surface area contributed by atoms with Crippen molar-refractivity contribution >= 4 is 0 Å². The van der Waals surface area contributed by atoms with Gasteiger partial charge in [-0.15, -0.1) is 0 Å². The second kappa shape index (κ2) is 6.17. The Labute approximate surface area is 103 Å². The third-order valence-corrected chi connectivity index (χ3v) is 3.57. The highest BCUT2D eigenvalue weighted by Crippen LogP contribution is 2.19. The highest BCUT2D eigenvalue weighted by Gasteiger charge is 2.20. The van der Waals surface area contributed by atoms with E-state index in [1.807, 2.05) is 23.1 Å². The Morgan fingerprint density at radius 3 is 2.82 bits per heavy atom. The van der Waals surface area contributed by atoms with Crippen LogP contribution in [0.15, 0.2) is 18.5 Å². The molecule has 1 saturated carbocycles. The van der Waals surface area contributed by atoms with Crippen LogP contribution in [0.5, 0.6) is 0 Å². The number of nitrogens with one attached hydrogen (secondary N) is 1. The molecule has 0 aromatic carbocycles. The third-order valence-electron chi connectivity index (χ3n) is 3.57. The molecule has 4 nitrogen and oxygen atoms in total. The molecule has 1 fully saturated rings. The zero-order valence-electron chi connectivity index (χ0n) is 10.5. The quantitative estimate of drug-likeness (QED) is 0.817. The molecule has 1 atom stereocenters. The van der Waals surface area contributed by atoms with E-state index in [0.717, 1.165) is 38.6 Å². The van der Waals surface area contributed by atoms with E-state index in [2.05, 4.69) is 17.3 Å². The molecule has 0 aliphatic heterocycles. The molecular formula is C13H23N3O. The Hall–Kier alpha value is -0.870. The second-order valence-corrected chi connectivity index (χ2v) is 5.13. The van der Waals surface area contributed by atoms with Crippen LogP contribution in [-0.4, -0.2) is 33.1 Å². The minimum absolute atomic E-state index is 0.0626. The summed E-state index contributed by atoms with van der Waals surface area (Å²) in [5, 5.41) is 17.3.